The lowest BCUT2D eigenvalue weighted by molar-refractivity contribution is -0.126. The van der Waals surface area contributed by atoms with E-state index in [2.05, 4.69) is 30.9 Å². The Labute approximate surface area is 186 Å². The molecule has 9 heteroatoms. The summed E-state index contributed by atoms with van der Waals surface area (Å²) < 4.78 is 0. The van der Waals surface area contributed by atoms with Crippen molar-refractivity contribution in [1.82, 2.24) is 20.3 Å². The number of hydrogen-bond acceptors (Lipinski definition) is 7. The molecule has 1 unspecified atom stereocenters. The van der Waals surface area contributed by atoms with E-state index in [9.17, 15) is 9.59 Å². The number of carbonyl (C=O) groups excluding carboxylic acids is 2. The first-order valence-electron chi connectivity index (χ1n) is 10.5. The highest BCUT2D eigenvalue weighted by Gasteiger charge is 2.34. The Kier molecular flexibility index (Phi) is 6.54. The number of anilines is 4. The molecular formula is C23H25N7O2. The summed E-state index contributed by atoms with van der Waals surface area (Å²) in [6.07, 6.45) is 1.93. The van der Waals surface area contributed by atoms with Crippen molar-refractivity contribution in [2.45, 2.75) is 13.3 Å². The maximum atomic E-state index is 12.5. The molecule has 1 fully saturated rings. The third-order valence-corrected chi connectivity index (χ3v) is 5.05. The molecule has 1 atom stereocenters. The van der Waals surface area contributed by atoms with Gasteiger partial charge in [-0.15, -0.1) is 0 Å². The zero-order valence-electron chi connectivity index (χ0n) is 17.8. The number of benzene rings is 1. The third kappa shape index (κ3) is 5.37. The molecule has 3 N–H and O–H groups in total. The number of amides is 2. The van der Waals surface area contributed by atoms with Crippen molar-refractivity contribution in [3.05, 3.63) is 66.6 Å². The molecule has 0 aliphatic carbocycles. The minimum Gasteiger partial charge on any atom is -0.368 e. The number of para-hydroxylation sites is 1. The van der Waals surface area contributed by atoms with Gasteiger partial charge < -0.3 is 20.9 Å². The van der Waals surface area contributed by atoms with E-state index in [4.69, 9.17) is 0 Å². The molecule has 1 saturated heterocycles. The summed E-state index contributed by atoms with van der Waals surface area (Å²) >= 11 is 0. The van der Waals surface area contributed by atoms with Crippen LogP contribution < -0.4 is 20.9 Å². The molecule has 164 valence electrons. The number of rotatable bonds is 8. The van der Waals surface area contributed by atoms with Gasteiger partial charge in [0.1, 0.15) is 23.3 Å². The molecule has 0 spiro atoms. The van der Waals surface area contributed by atoms with Gasteiger partial charge in [0.2, 0.25) is 11.8 Å². The molecule has 0 saturated carbocycles. The fraction of sp³-hybridized carbons (Fsp3) is 0.261. The van der Waals surface area contributed by atoms with Crippen molar-refractivity contribution in [2.24, 2.45) is 5.92 Å². The number of aromatic nitrogens is 3. The van der Waals surface area contributed by atoms with E-state index in [1.54, 1.807) is 17.2 Å². The summed E-state index contributed by atoms with van der Waals surface area (Å²) in [4.78, 5) is 39.5. The lowest BCUT2D eigenvalue weighted by atomic mass is 10.1. The standard InChI is InChI=1S/C23H25N7O2/c1-16-27-20(14-21(28-16)29-19-9-5-6-10-24-19)25-11-12-26-23(32)17-13-22(31)30(15-17)18-7-3-2-4-8-18/h2-10,14,17H,11-13,15H2,1H3,(H,26,32)(H2,24,25,27,28,29). The Bertz CT molecular complexity index is 1080. The van der Waals surface area contributed by atoms with Crippen molar-refractivity contribution in [3.8, 4) is 0 Å². The molecule has 1 aromatic carbocycles. The Morgan fingerprint density at radius 1 is 1.03 bits per heavy atom. The van der Waals surface area contributed by atoms with E-state index in [1.165, 1.54) is 0 Å². The van der Waals surface area contributed by atoms with Gasteiger partial charge >= 0.3 is 0 Å². The molecule has 32 heavy (non-hydrogen) atoms. The van der Waals surface area contributed by atoms with Gasteiger partial charge in [0.05, 0.1) is 5.92 Å². The fourth-order valence-corrected chi connectivity index (χ4v) is 3.55. The predicted molar refractivity (Wildman–Crippen MR) is 123 cm³/mol. The summed E-state index contributed by atoms with van der Waals surface area (Å²) in [6.45, 7) is 3.12. The number of aryl methyl sites for hydroxylation is 1. The van der Waals surface area contributed by atoms with Crippen LogP contribution in [0, 0.1) is 12.8 Å². The molecular weight excluding hydrogens is 406 g/mol. The number of hydrogen-bond donors (Lipinski definition) is 3. The molecule has 0 radical (unpaired) electrons. The average molecular weight is 432 g/mol. The van der Waals surface area contributed by atoms with Crippen molar-refractivity contribution in [2.75, 3.05) is 35.2 Å². The lowest BCUT2D eigenvalue weighted by Crippen LogP contribution is -2.35. The van der Waals surface area contributed by atoms with E-state index in [0.29, 0.717) is 42.9 Å². The van der Waals surface area contributed by atoms with E-state index in [1.807, 2.05) is 55.5 Å². The molecule has 2 amide bonds. The summed E-state index contributed by atoms with van der Waals surface area (Å²) in [5, 5.41) is 9.25. The monoisotopic (exact) mass is 431 g/mol. The van der Waals surface area contributed by atoms with Gasteiger partial charge in [0, 0.05) is 44.0 Å². The van der Waals surface area contributed by atoms with Crippen molar-refractivity contribution in [1.29, 1.82) is 0 Å². The first kappa shape index (κ1) is 21.2. The van der Waals surface area contributed by atoms with Gasteiger partial charge in [0.15, 0.2) is 0 Å². The zero-order valence-corrected chi connectivity index (χ0v) is 17.8. The second-order valence-electron chi connectivity index (χ2n) is 7.48. The smallest absolute Gasteiger partial charge is 0.227 e. The molecule has 4 rings (SSSR count). The minimum absolute atomic E-state index is 0.0288. The van der Waals surface area contributed by atoms with Gasteiger partial charge in [-0.3, -0.25) is 9.59 Å². The molecule has 3 aromatic rings. The molecule has 1 aliphatic rings. The predicted octanol–water partition coefficient (Wildman–Crippen LogP) is 2.50. The number of pyridine rings is 1. The van der Waals surface area contributed by atoms with Gasteiger partial charge in [-0.2, -0.15) is 0 Å². The van der Waals surface area contributed by atoms with E-state index in [-0.39, 0.29) is 24.2 Å². The van der Waals surface area contributed by atoms with Crippen molar-refractivity contribution < 1.29 is 9.59 Å². The maximum Gasteiger partial charge on any atom is 0.227 e. The second kappa shape index (κ2) is 9.86. The molecule has 2 aromatic heterocycles. The van der Waals surface area contributed by atoms with Crippen LogP contribution in [0.4, 0.5) is 23.1 Å². The SMILES string of the molecule is Cc1nc(NCCNC(=O)C2CC(=O)N(c3ccccc3)C2)cc(Nc2ccccn2)n1. The molecule has 0 bridgehead atoms. The quantitative estimate of drug-likeness (QED) is 0.470. The first-order valence-corrected chi connectivity index (χ1v) is 10.5. The van der Waals surface area contributed by atoms with Gasteiger partial charge in [0.25, 0.3) is 0 Å². The van der Waals surface area contributed by atoms with Crippen LogP contribution in [0.3, 0.4) is 0 Å². The average Bonchev–Trinajstić information content (AvgIpc) is 3.19. The van der Waals surface area contributed by atoms with Crippen LogP contribution in [0.5, 0.6) is 0 Å². The number of nitrogens with one attached hydrogen (secondary N) is 3. The highest BCUT2D eigenvalue weighted by Crippen LogP contribution is 2.24. The third-order valence-electron chi connectivity index (χ3n) is 5.05. The van der Waals surface area contributed by atoms with E-state index < -0.39 is 0 Å². The molecule has 9 nitrogen and oxygen atoms in total. The van der Waals surface area contributed by atoms with Gasteiger partial charge in [-0.05, 0) is 31.2 Å². The van der Waals surface area contributed by atoms with E-state index >= 15 is 0 Å². The Morgan fingerprint density at radius 2 is 1.81 bits per heavy atom. The Balaban J connectivity index is 1.25. The van der Waals surface area contributed by atoms with Crippen LogP contribution in [0.2, 0.25) is 0 Å². The maximum absolute atomic E-state index is 12.5. The second-order valence-corrected chi connectivity index (χ2v) is 7.48. The summed E-state index contributed by atoms with van der Waals surface area (Å²) in [7, 11) is 0. The first-order chi connectivity index (χ1) is 15.6. The highest BCUT2D eigenvalue weighted by molar-refractivity contribution is 6.00. The van der Waals surface area contributed by atoms with Crippen molar-refractivity contribution >= 4 is 35.0 Å². The summed E-state index contributed by atoms with van der Waals surface area (Å²) in [6, 6.07) is 16.8. The molecule has 3 heterocycles. The van der Waals surface area contributed by atoms with Crippen LogP contribution in [0.1, 0.15) is 12.2 Å². The number of nitrogens with zero attached hydrogens (tertiary/aromatic N) is 4. The minimum atomic E-state index is -0.349. The highest BCUT2D eigenvalue weighted by atomic mass is 16.2. The summed E-state index contributed by atoms with van der Waals surface area (Å²) in [5.74, 6) is 2.10. The van der Waals surface area contributed by atoms with Crippen LogP contribution in [-0.4, -0.2) is 46.4 Å². The van der Waals surface area contributed by atoms with Gasteiger partial charge in [-0.1, -0.05) is 24.3 Å². The zero-order chi connectivity index (χ0) is 22.3. The largest absolute Gasteiger partial charge is 0.368 e. The van der Waals surface area contributed by atoms with Gasteiger partial charge in [-0.25, -0.2) is 15.0 Å². The van der Waals surface area contributed by atoms with E-state index in [0.717, 1.165) is 5.69 Å². The van der Waals surface area contributed by atoms with Crippen LogP contribution in [0.25, 0.3) is 0 Å². The lowest BCUT2D eigenvalue weighted by Gasteiger charge is -2.16. The summed E-state index contributed by atoms with van der Waals surface area (Å²) in [5.41, 5.74) is 0.823. The fourth-order valence-electron chi connectivity index (χ4n) is 3.55. The Hall–Kier alpha value is -4.01. The van der Waals surface area contributed by atoms with Crippen LogP contribution >= 0.6 is 0 Å². The molecule has 1 aliphatic heterocycles. The van der Waals surface area contributed by atoms with Crippen LogP contribution in [-0.2, 0) is 9.59 Å². The van der Waals surface area contributed by atoms with Crippen LogP contribution in [0.15, 0.2) is 60.8 Å². The normalized spacial score (nSPS) is 15.5. The Morgan fingerprint density at radius 3 is 2.59 bits per heavy atom. The number of carbonyl (C=O) groups is 2. The topological polar surface area (TPSA) is 112 Å². The van der Waals surface area contributed by atoms with Crippen molar-refractivity contribution in [3.63, 3.8) is 0 Å².